The summed E-state index contributed by atoms with van der Waals surface area (Å²) < 4.78 is 21.1. The average molecular weight is 232 g/mol. The molecule has 0 bridgehead atoms. The van der Waals surface area contributed by atoms with Gasteiger partial charge in [-0.2, -0.15) is 0 Å². The Kier molecular flexibility index (Phi) is 2.91. The van der Waals surface area contributed by atoms with E-state index in [1.807, 2.05) is 0 Å². The maximum absolute atomic E-state index is 10.6. The third-order valence-electron chi connectivity index (χ3n) is 2.57. The van der Waals surface area contributed by atoms with Crippen molar-refractivity contribution in [3.05, 3.63) is 0 Å². The van der Waals surface area contributed by atoms with Crippen LogP contribution in [-0.2, 0) is 23.7 Å². The zero-order valence-corrected chi connectivity index (χ0v) is 9.50. The van der Waals surface area contributed by atoms with Gasteiger partial charge in [-0.1, -0.05) is 0 Å². The predicted molar refractivity (Wildman–Crippen MR) is 51.3 cm³/mol. The van der Waals surface area contributed by atoms with Gasteiger partial charge in [0.2, 0.25) is 0 Å². The summed E-state index contributed by atoms with van der Waals surface area (Å²) in [6.45, 7) is 4.82. The fourth-order valence-corrected chi connectivity index (χ4v) is 1.90. The third-order valence-corrected chi connectivity index (χ3v) is 2.57. The summed E-state index contributed by atoms with van der Waals surface area (Å²) in [5.74, 6) is -1.15. The summed E-state index contributed by atoms with van der Waals surface area (Å²) in [5, 5.41) is 9.88. The minimum Gasteiger partial charge on any atom is -0.463 e. The molecular weight excluding hydrogens is 216 g/mol. The quantitative estimate of drug-likeness (QED) is 0.664. The highest BCUT2D eigenvalue weighted by Crippen LogP contribution is 2.37. The summed E-state index contributed by atoms with van der Waals surface area (Å²) in [7, 11) is 0. The van der Waals surface area contributed by atoms with E-state index in [4.69, 9.17) is 18.9 Å². The van der Waals surface area contributed by atoms with E-state index in [9.17, 15) is 9.90 Å². The van der Waals surface area contributed by atoms with E-state index in [1.165, 1.54) is 6.92 Å². The third kappa shape index (κ3) is 2.20. The first-order valence-corrected chi connectivity index (χ1v) is 5.21. The first-order chi connectivity index (χ1) is 7.39. The molecule has 0 spiro atoms. The lowest BCUT2D eigenvalue weighted by molar-refractivity contribution is -0.220. The summed E-state index contributed by atoms with van der Waals surface area (Å²) >= 11 is 0. The van der Waals surface area contributed by atoms with Gasteiger partial charge in [0.05, 0.1) is 0 Å². The molecule has 6 heteroatoms. The fourth-order valence-electron chi connectivity index (χ4n) is 1.90. The molecule has 2 aliphatic rings. The molecular formula is C10H16O6. The Bertz CT molecular complexity index is 289. The standard InChI is InChI=1S/C10H16O6/c1-5(11)13-4-6-7(12)8-9(14-6)16-10(2,3)15-8/h6-9,12H,4H2,1-3H3/t6-,7+,8-,9?/m1/s1. The molecule has 2 aliphatic heterocycles. The Morgan fingerprint density at radius 3 is 2.69 bits per heavy atom. The first kappa shape index (κ1) is 11.8. The maximum atomic E-state index is 10.6. The normalized spacial score (nSPS) is 40.8. The molecule has 1 N–H and O–H groups in total. The zero-order valence-electron chi connectivity index (χ0n) is 9.50. The summed E-state index contributed by atoms with van der Waals surface area (Å²) in [5.41, 5.74) is 0. The van der Waals surface area contributed by atoms with Crippen molar-refractivity contribution in [3.8, 4) is 0 Å². The van der Waals surface area contributed by atoms with Gasteiger partial charge in [-0.15, -0.1) is 0 Å². The SMILES string of the molecule is CC(=O)OC[C@H]1OC2OC(C)(C)O[C@@H]2[C@H]1O. The molecule has 0 aromatic rings. The van der Waals surface area contributed by atoms with Gasteiger partial charge in [-0.05, 0) is 13.8 Å². The molecule has 2 fully saturated rings. The molecule has 92 valence electrons. The Balaban J connectivity index is 1.92. The van der Waals surface area contributed by atoms with Gasteiger partial charge in [0.15, 0.2) is 12.1 Å². The lowest BCUT2D eigenvalue weighted by atomic mass is 10.1. The van der Waals surface area contributed by atoms with Gasteiger partial charge in [-0.3, -0.25) is 4.79 Å². The van der Waals surface area contributed by atoms with E-state index >= 15 is 0 Å². The molecule has 16 heavy (non-hydrogen) atoms. The highest BCUT2D eigenvalue weighted by atomic mass is 16.8. The molecule has 0 aliphatic carbocycles. The largest absolute Gasteiger partial charge is 0.463 e. The van der Waals surface area contributed by atoms with Crippen LogP contribution in [0.4, 0.5) is 0 Å². The monoisotopic (exact) mass is 232 g/mol. The second-order valence-corrected chi connectivity index (χ2v) is 4.44. The number of aliphatic hydroxyl groups excluding tert-OH is 1. The van der Waals surface area contributed by atoms with Crippen molar-refractivity contribution in [2.45, 2.75) is 51.2 Å². The van der Waals surface area contributed by atoms with Crippen molar-refractivity contribution in [1.82, 2.24) is 0 Å². The minimum atomic E-state index is -0.842. The van der Waals surface area contributed by atoms with E-state index in [-0.39, 0.29) is 6.61 Å². The van der Waals surface area contributed by atoms with Crippen LogP contribution < -0.4 is 0 Å². The molecule has 2 rings (SSSR count). The van der Waals surface area contributed by atoms with Crippen LogP contribution in [0.5, 0.6) is 0 Å². The molecule has 2 heterocycles. The molecule has 0 aromatic heterocycles. The van der Waals surface area contributed by atoms with Crippen LogP contribution in [0.3, 0.4) is 0 Å². The molecule has 2 saturated heterocycles. The van der Waals surface area contributed by atoms with Gasteiger partial charge in [0, 0.05) is 6.92 Å². The molecule has 0 aromatic carbocycles. The second kappa shape index (κ2) is 3.96. The lowest BCUT2D eigenvalue weighted by Crippen LogP contribution is -2.36. The number of ether oxygens (including phenoxy) is 4. The Morgan fingerprint density at radius 2 is 2.12 bits per heavy atom. The van der Waals surface area contributed by atoms with E-state index in [0.29, 0.717) is 0 Å². The Hall–Kier alpha value is -0.690. The number of carbonyl (C=O) groups is 1. The van der Waals surface area contributed by atoms with Crippen LogP contribution in [-0.4, -0.2) is 48.1 Å². The number of fused-ring (bicyclic) bond motifs is 1. The molecule has 0 saturated carbocycles. The summed E-state index contributed by atoms with van der Waals surface area (Å²) in [4.78, 5) is 10.6. The second-order valence-electron chi connectivity index (χ2n) is 4.44. The number of esters is 1. The van der Waals surface area contributed by atoms with Crippen molar-refractivity contribution in [2.24, 2.45) is 0 Å². The Labute approximate surface area is 93.4 Å². The first-order valence-electron chi connectivity index (χ1n) is 5.21. The topological polar surface area (TPSA) is 74.2 Å². The zero-order chi connectivity index (χ0) is 11.9. The van der Waals surface area contributed by atoms with Crippen LogP contribution >= 0.6 is 0 Å². The number of carbonyl (C=O) groups excluding carboxylic acids is 1. The van der Waals surface area contributed by atoms with Crippen LogP contribution in [0.25, 0.3) is 0 Å². The summed E-state index contributed by atoms with van der Waals surface area (Å²) in [6, 6.07) is 0. The van der Waals surface area contributed by atoms with Crippen LogP contribution in [0.1, 0.15) is 20.8 Å². The number of hydrogen-bond acceptors (Lipinski definition) is 6. The Morgan fingerprint density at radius 1 is 1.44 bits per heavy atom. The van der Waals surface area contributed by atoms with E-state index in [0.717, 1.165) is 0 Å². The molecule has 1 unspecified atom stereocenters. The van der Waals surface area contributed by atoms with Crippen molar-refractivity contribution >= 4 is 5.97 Å². The van der Waals surface area contributed by atoms with E-state index < -0.39 is 36.4 Å². The van der Waals surface area contributed by atoms with Gasteiger partial charge >= 0.3 is 5.97 Å². The fraction of sp³-hybridized carbons (Fsp3) is 0.900. The van der Waals surface area contributed by atoms with Gasteiger partial charge in [-0.25, -0.2) is 0 Å². The van der Waals surface area contributed by atoms with Crippen LogP contribution in [0.2, 0.25) is 0 Å². The van der Waals surface area contributed by atoms with Crippen molar-refractivity contribution in [1.29, 1.82) is 0 Å². The molecule has 0 amide bonds. The number of hydrogen-bond donors (Lipinski definition) is 1. The molecule has 4 atom stereocenters. The minimum absolute atomic E-state index is 0.0106. The highest BCUT2D eigenvalue weighted by molar-refractivity contribution is 5.65. The van der Waals surface area contributed by atoms with Gasteiger partial charge in [0.1, 0.15) is 24.9 Å². The van der Waals surface area contributed by atoms with Crippen molar-refractivity contribution in [2.75, 3.05) is 6.61 Å². The highest BCUT2D eigenvalue weighted by Gasteiger charge is 2.54. The van der Waals surface area contributed by atoms with Crippen molar-refractivity contribution in [3.63, 3.8) is 0 Å². The molecule has 0 radical (unpaired) electrons. The number of rotatable bonds is 2. The van der Waals surface area contributed by atoms with Crippen LogP contribution in [0, 0.1) is 0 Å². The van der Waals surface area contributed by atoms with Gasteiger partial charge in [0.25, 0.3) is 0 Å². The molecule has 6 nitrogen and oxygen atoms in total. The van der Waals surface area contributed by atoms with Gasteiger partial charge < -0.3 is 24.1 Å². The lowest BCUT2D eigenvalue weighted by Gasteiger charge is -2.22. The average Bonchev–Trinajstić information content (AvgIpc) is 2.58. The predicted octanol–water partition coefficient (Wildman–Crippen LogP) is -0.213. The smallest absolute Gasteiger partial charge is 0.302 e. The maximum Gasteiger partial charge on any atom is 0.302 e. The van der Waals surface area contributed by atoms with E-state index in [1.54, 1.807) is 13.8 Å². The van der Waals surface area contributed by atoms with Crippen molar-refractivity contribution < 1.29 is 28.8 Å². The number of aliphatic hydroxyl groups is 1. The van der Waals surface area contributed by atoms with E-state index in [2.05, 4.69) is 0 Å². The summed E-state index contributed by atoms with van der Waals surface area (Å²) in [6.07, 6.45) is -2.54. The van der Waals surface area contributed by atoms with Crippen LogP contribution in [0.15, 0.2) is 0 Å².